The van der Waals surface area contributed by atoms with E-state index in [1.165, 1.54) is 13.8 Å². The summed E-state index contributed by atoms with van der Waals surface area (Å²) in [5.41, 5.74) is 17.0. The van der Waals surface area contributed by atoms with Gasteiger partial charge in [-0.2, -0.15) is 0 Å². The van der Waals surface area contributed by atoms with E-state index in [2.05, 4.69) is 20.9 Å². The topological polar surface area (TPSA) is 255 Å². The summed E-state index contributed by atoms with van der Waals surface area (Å²) in [6.45, 7) is 2.68. The summed E-state index contributed by atoms with van der Waals surface area (Å²) in [6.07, 6.45) is -2.26. The van der Waals surface area contributed by atoms with Crippen LogP contribution in [0.4, 0.5) is 0 Å². The van der Waals surface area contributed by atoms with Crippen molar-refractivity contribution in [1.82, 2.24) is 16.0 Å². The quantitative estimate of drug-likeness (QED) is 0.0636. The van der Waals surface area contributed by atoms with E-state index in [-0.39, 0.29) is 31.8 Å². The second kappa shape index (κ2) is 15.4. The fourth-order valence-corrected chi connectivity index (χ4v) is 3.23. The third-order valence-corrected chi connectivity index (χ3v) is 5.36. The highest BCUT2D eigenvalue weighted by molar-refractivity contribution is 5.94. The van der Waals surface area contributed by atoms with Crippen LogP contribution in [0.25, 0.3) is 0 Å². The molecule has 0 saturated carbocycles. The Morgan fingerprint density at radius 1 is 0.892 bits per heavy atom. The average Bonchev–Trinajstić information content (AvgIpc) is 2.82. The summed E-state index contributed by atoms with van der Waals surface area (Å²) < 4.78 is 0. The van der Waals surface area contributed by atoms with Gasteiger partial charge >= 0.3 is 5.97 Å². The molecule has 0 aromatic heterocycles. The molecule has 0 aliphatic rings. The van der Waals surface area contributed by atoms with Crippen molar-refractivity contribution in [3.05, 3.63) is 35.9 Å². The number of carboxylic acids is 1. The molecule has 6 unspecified atom stereocenters. The Balaban J connectivity index is 3.15. The van der Waals surface area contributed by atoms with Crippen molar-refractivity contribution in [2.45, 2.75) is 69.5 Å². The number of benzene rings is 1. The number of nitrogens with zero attached hydrogens (tertiary/aromatic N) is 1. The van der Waals surface area contributed by atoms with E-state index in [0.29, 0.717) is 5.56 Å². The zero-order valence-electron chi connectivity index (χ0n) is 20.8. The molecule has 206 valence electrons. The van der Waals surface area contributed by atoms with Gasteiger partial charge in [-0.1, -0.05) is 30.3 Å². The molecular formula is C23H37N7O7. The number of hydrogen-bond donors (Lipinski definition) is 9. The van der Waals surface area contributed by atoms with Gasteiger partial charge in [-0.3, -0.25) is 19.4 Å². The number of hydrogen-bond acceptors (Lipinski definition) is 8. The maximum atomic E-state index is 13.2. The van der Waals surface area contributed by atoms with Gasteiger partial charge in [0.05, 0.1) is 12.2 Å². The number of aliphatic hydroxyl groups is 2. The Morgan fingerprint density at radius 2 is 1.46 bits per heavy atom. The Hall–Kier alpha value is -3.75. The SMILES string of the molecule is CC(O)C(N)C(=O)NC(CCCN=C(N)N)C(=O)NC(Cc1ccccc1)C(=O)NC(C(=O)O)C(C)O. The number of aliphatic hydroxyl groups excluding tert-OH is 2. The summed E-state index contributed by atoms with van der Waals surface area (Å²) in [5, 5.41) is 35.9. The number of aliphatic imine (C=N–C) groups is 1. The first-order valence-corrected chi connectivity index (χ1v) is 11.7. The molecule has 12 N–H and O–H groups in total. The lowest BCUT2D eigenvalue weighted by Gasteiger charge is -2.26. The van der Waals surface area contributed by atoms with Crippen LogP contribution in [-0.2, 0) is 25.6 Å². The zero-order valence-corrected chi connectivity index (χ0v) is 20.8. The summed E-state index contributed by atoms with van der Waals surface area (Å²) >= 11 is 0. The lowest BCUT2D eigenvalue weighted by Crippen LogP contribution is -2.59. The molecule has 3 amide bonds. The van der Waals surface area contributed by atoms with Gasteiger partial charge < -0.3 is 48.5 Å². The Morgan fingerprint density at radius 3 is 1.97 bits per heavy atom. The van der Waals surface area contributed by atoms with Crippen molar-refractivity contribution < 1.29 is 34.5 Å². The highest BCUT2D eigenvalue weighted by Gasteiger charge is 2.32. The van der Waals surface area contributed by atoms with Crippen molar-refractivity contribution in [2.24, 2.45) is 22.2 Å². The molecule has 0 spiro atoms. The van der Waals surface area contributed by atoms with Crippen molar-refractivity contribution in [1.29, 1.82) is 0 Å². The number of rotatable bonds is 15. The van der Waals surface area contributed by atoms with Gasteiger partial charge in [0, 0.05) is 13.0 Å². The average molecular weight is 524 g/mol. The lowest BCUT2D eigenvalue weighted by molar-refractivity contribution is -0.145. The Bertz CT molecular complexity index is 937. The molecule has 0 bridgehead atoms. The molecule has 14 heteroatoms. The summed E-state index contributed by atoms with van der Waals surface area (Å²) in [5.74, 6) is -3.99. The molecule has 0 fully saturated rings. The summed E-state index contributed by atoms with van der Waals surface area (Å²) in [4.78, 5) is 53.9. The van der Waals surface area contributed by atoms with Crippen molar-refractivity contribution in [3.8, 4) is 0 Å². The lowest BCUT2D eigenvalue weighted by atomic mass is 10.0. The van der Waals surface area contributed by atoms with Crippen LogP contribution < -0.4 is 33.2 Å². The second-order valence-corrected chi connectivity index (χ2v) is 8.59. The monoisotopic (exact) mass is 523 g/mol. The number of aliphatic carboxylic acids is 1. The minimum Gasteiger partial charge on any atom is -0.480 e. The van der Waals surface area contributed by atoms with E-state index in [4.69, 9.17) is 17.2 Å². The van der Waals surface area contributed by atoms with Gasteiger partial charge in [0.25, 0.3) is 0 Å². The third-order valence-electron chi connectivity index (χ3n) is 5.36. The number of carbonyl (C=O) groups is 4. The fourth-order valence-electron chi connectivity index (χ4n) is 3.23. The van der Waals surface area contributed by atoms with Gasteiger partial charge in [-0.15, -0.1) is 0 Å². The first-order valence-electron chi connectivity index (χ1n) is 11.7. The number of guanidine groups is 1. The number of carbonyl (C=O) groups excluding carboxylic acids is 3. The first-order chi connectivity index (χ1) is 17.3. The first kappa shape index (κ1) is 31.3. The molecule has 1 rings (SSSR count). The molecule has 14 nitrogen and oxygen atoms in total. The van der Waals surface area contributed by atoms with Gasteiger partial charge in [0.15, 0.2) is 12.0 Å². The van der Waals surface area contributed by atoms with Crippen LogP contribution in [-0.4, -0.2) is 87.9 Å². The number of nitrogens with one attached hydrogen (secondary N) is 3. The highest BCUT2D eigenvalue weighted by atomic mass is 16.4. The van der Waals surface area contributed by atoms with E-state index in [0.717, 1.165) is 0 Å². The van der Waals surface area contributed by atoms with Gasteiger partial charge in [0.1, 0.15) is 18.1 Å². The molecule has 0 radical (unpaired) electrons. The normalized spacial score (nSPS) is 15.7. The standard InChI is InChI=1S/C23H37N7O7/c1-12(31)17(24)21(35)28-15(9-6-10-27-23(25)26)19(33)29-16(11-14-7-4-3-5-8-14)20(34)30-18(13(2)32)22(36)37/h3-5,7-8,12-13,15-18,31-32H,6,9-11,24H2,1-2H3,(H,28,35)(H,29,33)(H,30,34)(H,36,37)(H4,25,26,27). The minimum absolute atomic E-state index is 0.00752. The van der Waals surface area contributed by atoms with Crippen molar-refractivity contribution in [2.75, 3.05) is 6.54 Å². The number of amides is 3. The summed E-state index contributed by atoms with van der Waals surface area (Å²) in [7, 11) is 0. The van der Waals surface area contributed by atoms with E-state index in [1.807, 2.05) is 0 Å². The molecule has 1 aromatic carbocycles. The second-order valence-electron chi connectivity index (χ2n) is 8.59. The summed E-state index contributed by atoms with van der Waals surface area (Å²) in [6, 6.07) is 3.30. The van der Waals surface area contributed by atoms with Crippen LogP contribution in [0.1, 0.15) is 32.3 Å². The van der Waals surface area contributed by atoms with E-state index >= 15 is 0 Å². The van der Waals surface area contributed by atoms with Crippen LogP contribution >= 0.6 is 0 Å². The minimum atomic E-state index is -1.61. The van der Waals surface area contributed by atoms with Gasteiger partial charge in [-0.25, -0.2) is 4.79 Å². The Labute approximate surface area is 214 Å². The highest BCUT2D eigenvalue weighted by Crippen LogP contribution is 2.07. The number of nitrogens with two attached hydrogens (primary N) is 3. The van der Waals surface area contributed by atoms with E-state index < -0.39 is 60.1 Å². The van der Waals surface area contributed by atoms with Gasteiger partial charge in [-0.05, 0) is 32.3 Å². The van der Waals surface area contributed by atoms with Crippen LogP contribution in [0.15, 0.2) is 35.3 Å². The van der Waals surface area contributed by atoms with Crippen LogP contribution in [0.2, 0.25) is 0 Å². The molecule has 1 aromatic rings. The van der Waals surface area contributed by atoms with E-state index in [9.17, 15) is 34.5 Å². The molecule has 37 heavy (non-hydrogen) atoms. The molecular weight excluding hydrogens is 486 g/mol. The van der Waals surface area contributed by atoms with Crippen molar-refractivity contribution in [3.63, 3.8) is 0 Å². The Kier molecular flexibility index (Phi) is 13.0. The van der Waals surface area contributed by atoms with Crippen molar-refractivity contribution >= 4 is 29.7 Å². The molecule has 0 heterocycles. The predicted octanol–water partition coefficient (Wildman–Crippen LogP) is -3.09. The predicted molar refractivity (Wildman–Crippen MR) is 135 cm³/mol. The largest absolute Gasteiger partial charge is 0.480 e. The molecule has 0 aliphatic heterocycles. The molecule has 6 atom stereocenters. The maximum Gasteiger partial charge on any atom is 0.328 e. The van der Waals surface area contributed by atoms with Gasteiger partial charge in [0.2, 0.25) is 17.7 Å². The third kappa shape index (κ3) is 11.2. The fraction of sp³-hybridized carbons (Fsp3) is 0.522. The van der Waals surface area contributed by atoms with E-state index in [1.54, 1.807) is 30.3 Å². The zero-order chi connectivity index (χ0) is 28.1. The van der Waals surface area contributed by atoms with Crippen LogP contribution in [0, 0.1) is 0 Å². The maximum absolute atomic E-state index is 13.2. The molecule has 0 aliphatic carbocycles. The number of carboxylic acid groups (broad SMARTS) is 1. The smallest absolute Gasteiger partial charge is 0.328 e. The van der Waals surface area contributed by atoms with Crippen LogP contribution in [0.3, 0.4) is 0 Å². The molecule has 0 saturated heterocycles. The van der Waals surface area contributed by atoms with Crippen LogP contribution in [0.5, 0.6) is 0 Å².